The van der Waals surface area contributed by atoms with Gasteiger partial charge in [-0.25, -0.2) is 0 Å². The normalized spacial score (nSPS) is 11.4. The first kappa shape index (κ1) is 15.7. The molecule has 0 aliphatic heterocycles. The maximum atomic E-state index is 5.50. The van der Waals surface area contributed by atoms with Crippen LogP contribution in [0.25, 0.3) is 0 Å². The van der Waals surface area contributed by atoms with Crippen molar-refractivity contribution in [2.75, 3.05) is 31.6 Å². The van der Waals surface area contributed by atoms with Crippen LogP contribution in [0.2, 0.25) is 0 Å². The van der Waals surface area contributed by atoms with E-state index in [1.807, 2.05) is 6.92 Å². The lowest BCUT2D eigenvalue weighted by Gasteiger charge is -2.20. The lowest BCUT2D eigenvalue weighted by Crippen LogP contribution is -2.28. The summed E-state index contributed by atoms with van der Waals surface area (Å²) in [6.45, 7) is 11.8. The van der Waals surface area contributed by atoms with Gasteiger partial charge in [0.25, 0.3) is 0 Å². The smallest absolute Gasteiger partial charge is 0.0597 e. The predicted molar refractivity (Wildman–Crippen MR) is 78.2 cm³/mol. The van der Waals surface area contributed by atoms with Crippen molar-refractivity contribution in [3.8, 4) is 0 Å². The molecule has 5 heteroatoms. The number of nitrogens with zero attached hydrogens (tertiary/aromatic N) is 3. The van der Waals surface area contributed by atoms with Crippen LogP contribution >= 0.6 is 15.9 Å². The molecule has 0 fully saturated rings. The minimum Gasteiger partial charge on any atom is -0.379 e. The second-order valence-electron chi connectivity index (χ2n) is 4.26. The van der Waals surface area contributed by atoms with E-state index >= 15 is 0 Å². The Balaban J connectivity index is 2.46. The minimum atomic E-state index is 0.781. The number of hydrogen-bond acceptors (Lipinski definition) is 3. The molecule has 18 heavy (non-hydrogen) atoms. The number of aryl methyl sites for hydroxylation is 2. The van der Waals surface area contributed by atoms with Gasteiger partial charge in [0.2, 0.25) is 0 Å². The Kier molecular flexibility index (Phi) is 7.54. The summed E-state index contributed by atoms with van der Waals surface area (Å²) in [7, 11) is 0. The fraction of sp³-hybridized carbons (Fsp3) is 0.769. The van der Waals surface area contributed by atoms with Crippen molar-refractivity contribution in [1.29, 1.82) is 0 Å². The van der Waals surface area contributed by atoms with E-state index in [0.717, 1.165) is 50.4 Å². The third kappa shape index (κ3) is 5.08. The molecule has 1 aromatic heterocycles. The summed E-state index contributed by atoms with van der Waals surface area (Å²) in [6, 6.07) is 2.17. The largest absolute Gasteiger partial charge is 0.379 e. The summed E-state index contributed by atoms with van der Waals surface area (Å²) in [6.07, 6.45) is 0. The van der Waals surface area contributed by atoms with Gasteiger partial charge in [0.1, 0.15) is 0 Å². The number of ether oxygens (including phenoxy) is 1. The molecule has 1 rings (SSSR count). The number of halogens is 1. The molecule has 0 saturated heterocycles. The molecule has 0 radical (unpaired) electrons. The zero-order valence-electron chi connectivity index (χ0n) is 11.7. The second kappa shape index (κ2) is 8.67. The van der Waals surface area contributed by atoms with Gasteiger partial charge in [0.05, 0.1) is 24.6 Å². The average Bonchev–Trinajstić information content (AvgIpc) is 2.73. The Morgan fingerprint density at radius 1 is 1.39 bits per heavy atom. The van der Waals surface area contributed by atoms with E-state index in [4.69, 9.17) is 4.74 Å². The third-order valence-corrected chi connectivity index (χ3v) is 3.21. The number of alkyl halides is 1. The van der Waals surface area contributed by atoms with Gasteiger partial charge in [-0.15, -0.1) is 0 Å². The van der Waals surface area contributed by atoms with E-state index < -0.39 is 0 Å². The van der Waals surface area contributed by atoms with Gasteiger partial charge < -0.3 is 4.74 Å². The van der Waals surface area contributed by atoms with Crippen LogP contribution < -0.4 is 0 Å². The lowest BCUT2D eigenvalue weighted by molar-refractivity contribution is 0.114. The van der Waals surface area contributed by atoms with Gasteiger partial charge >= 0.3 is 0 Å². The van der Waals surface area contributed by atoms with Crippen molar-refractivity contribution >= 4 is 15.9 Å². The Morgan fingerprint density at radius 3 is 2.78 bits per heavy atom. The first-order valence-electron chi connectivity index (χ1n) is 6.60. The fourth-order valence-electron chi connectivity index (χ4n) is 1.93. The summed E-state index contributed by atoms with van der Waals surface area (Å²) >= 11 is 3.36. The minimum absolute atomic E-state index is 0.781. The van der Waals surface area contributed by atoms with Crippen molar-refractivity contribution in [3.63, 3.8) is 0 Å². The van der Waals surface area contributed by atoms with Crippen LogP contribution in [0.1, 0.15) is 25.2 Å². The van der Waals surface area contributed by atoms with Gasteiger partial charge in [0.15, 0.2) is 0 Å². The van der Waals surface area contributed by atoms with E-state index in [1.165, 1.54) is 5.69 Å². The molecule has 0 bridgehead atoms. The Hall–Kier alpha value is -0.390. The van der Waals surface area contributed by atoms with Crippen LogP contribution in [0, 0.1) is 6.92 Å². The zero-order chi connectivity index (χ0) is 13.4. The Bertz CT molecular complexity index is 341. The average molecular weight is 318 g/mol. The molecule has 1 heterocycles. The first-order chi connectivity index (χ1) is 8.71. The SMILES string of the molecule is CCN(CCOCCBr)Cc1cc(C)nn1CC. The monoisotopic (exact) mass is 317 g/mol. The first-order valence-corrected chi connectivity index (χ1v) is 7.72. The molecule has 0 amide bonds. The molecular weight excluding hydrogens is 294 g/mol. The second-order valence-corrected chi connectivity index (χ2v) is 5.06. The standard InChI is InChI=1S/C13H24BrN3O/c1-4-16(7-9-18-8-6-14)11-13-10-12(3)15-17(13)5-2/h10H,4-9,11H2,1-3H3. The molecule has 0 saturated carbocycles. The predicted octanol–water partition coefficient (Wildman–Crippen LogP) is 2.44. The van der Waals surface area contributed by atoms with E-state index in [2.05, 4.69) is 50.5 Å². The molecule has 0 aromatic carbocycles. The van der Waals surface area contributed by atoms with Crippen LogP contribution in [0.3, 0.4) is 0 Å². The molecule has 0 atom stereocenters. The molecule has 0 unspecified atom stereocenters. The third-order valence-electron chi connectivity index (χ3n) is 2.89. The number of rotatable bonds is 9. The van der Waals surface area contributed by atoms with Gasteiger partial charge in [0, 0.05) is 25.0 Å². The molecular formula is C13H24BrN3O. The van der Waals surface area contributed by atoms with E-state index in [1.54, 1.807) is 0 Å². The van der Waals surface area contributed by atoms with Gasteiger partial charge in [-0.3, -0.25) is 9.58 Å². The number of hydrogen-bond donors (Lipinski definition) is 0. The summed E-state index contributed by atoms with van der Waals surface area (Å²) in [5.74, 6) is 0. The van der Waals surface area contributed by atoms with Crippen LogP contribution in [-0.2, 0) is 17.8 Å². The maximum Gasteiger partial charge on any atom is 0.0597 e. The van der Waals surface area contributed by atoms with Crippen molar-refractivity contribution in [2.45, 2.75) is 33.9 Å². The van der Waals surface area contributed by atoms with E-state index in [9.17, 15) is 0 Å². The van der Waals surface area contributed by atoms with E-state index in [-0.39, 0.29) is 0 Å². The molecule has 0 aliphatic rings. The van der Waals surface area contributed by atoms with Gasteiger partial charge in [-0.05, 0) is 26.5 Å². The Morgan fingerprint density at radius 2 is 2.17 bits per heavy atom. The number of aromatic nitrogens is 2. The molecule has 4 nitrogen and oxygen atoms in total. The summed E-state index contributed by atoms with van der Waals surface area (Å²) in [4.78, 5) is 2.39. The van der Waals surface area contributed by atoms with Crippen molar-refractivity contribution in [1.82, 2.24) is 14.7 Å². The maximum absolute atomic E-state index is 5.50. The fourth-order valence-corrected chi connectivity index (χ4v) is 2.16. The van der Waals surface area contributed by atoms with E-state index in [0.29, 0.717) is 0 Å². The summed E-state index contributed by atoms with van der Waals surface area (Å²) in [5, 5.41) is 5.38. The van der Waals surface area contributed by atoms with Crippen LogP contribution in [0.5, 0.6) is 0 Å². The number of likely N-dealkylation sites (N-methyl/N-ethyl adjacent to an activating group) is 1. The van der Waals surface area contributed by atoms with Crippen LogP contribution in [0.4, 0.5) is 0 Å². The summed E-state index contributed by atoms with van der Waals surface area (Å²) in [5.41, 5.74) is 2.38. The highest BCUT2D eigenvalue weighted by molar-refractivity contribution is 9.09. The zero-order valence-corrected chi connectivity index (χ0v) is 13.2. The van der Waals surface area contributed by atoms with Crippen molar-refractivity contribution in [3.05, 3.63) is 17.5 Å². The molecule has 0 N–H and O–H groups in total. The van der Waals surface area contributed by atoms with Crippen molar-refractivity contribution in [2.24, 2.45) is 0 Å². The topological polar surface area (TPSA) is 30.3 Å². The van der Waals surface area contributed by atoms with Gasteiger partial charge in [-0.1, -0.05) is 22.9 Å². The Labute approximate surface area is 118 Å². The summed E-state index contributed by atoms with van der Waals surface area (Å²) < 4.78 is 7.58. The highest BCUT2D eigenvalue weighted by atomic mass is 79.9. The molecule has 1 aromatic rings. The highest BCUT2D eigenvalue weighted by Crippen LogP contribution is 2.07. The van der Waals surface area contributed by atoms with Crippen molar-refractivity contribution < 1.29 is 4.74 Å². The quantitative estimate of drug-likeness (QED) is 0.517. The van der Waals surface area contributed by atoms with Gasteiger partial charge in [-0.2, -0.15) is 5.10 Å². The highest BCUT2D eigenvalue weighted by Gasteiger charge is 2.09. The lowest BCUT2D eigenvalue weighted by atomic mass is 10.3. The van der Waals surface area contributed by atoms with Crippen LogP contribution in [0.15, 0.2) is 6.07 Å². The molecule has 104 valence electrons. The molecule has 0 aliphatic carbocycles. The van der Waals surface area contributed by atoms with Crippen LogP contribution in [-0.4, -0.2) is 46.3 Å². The molecule has 0 spiro atoms.